The Labute approximate surface area is 195 Å². The van der Waals surface area contributed by atoms with E-state index in [0.29, 0.717) is 43.6 Å². The molecule has 0 radical (unpaired) electrons. The molecule has 0 saturated carbocycles. The lowest BCUT2D eigenvalue weighted by Crippen LogP contribution is -2.46. The van der Waals surface area contributed by atoms with Crippen molar-refractivity contribution in [1.29, 1.82) is 0 Å². The number of rotatable bonds is 4. The summed E-state index contributed by atoms with van der Waals surface area (Å²) >= 11 is 0. The number of benzene rings is 1. The zero-order valence-electron chi connectivity index (χ0n) is 20.8. The molecule has 2 heterocycles. The third kappa shape index (κ3) is 5.91. The van der Waals surface area contributed by atoms with Crippen LogP contribution < -0.4 is 0 Å². The van der Waals surface area contributed by atoms with Crippen LogP contribution in [0.25, 0.3) is 0 Å². The van der Waals surface area contributed by atoms with Gasteiger partial charge in [-0.1, -0.05) is 12.1 Å². The standard InChI is InChI=1S/C26H38F3NO3/c1-23(2,3)30-13-7-8-20(30)16-18-9-10-19(17-21(18)26(27,28)29)25(11-14-32-15-12-25)22(31)33-24(4,5)6/h9-10,17,20H,7-8,11-16H2,1-6H3. The van der Waals surface area contributed by atoms with E-state index in [4.69, 9.17) is 9.47 Å². The van der Waals surface area contributed by atoms with E-state index in [1.165, 1.54) is 6.07 Å². The Bertz CT molecular complexity index is 846. The van der Waals surface area contributed by atoms with Crippen LogP contribution in [0.1, 0.15) is 83.9 Å². The van der Waals surface area contributed by atoms with Crippen LogP contribution in [-0.4, -0.2) is 47.8 Å². The van der Waals surface area contributed by atoms with E-state index in [1.54, 1.807) is 32.9 Å². The Morgan fingerprint density at radius 1 is 1.12 bits per heavy atom. The number of alkyl halides is 3. The minimum Gasteiger partial charge on any atom is -0.459 e. The largest absolute Gasteiger partial charge is 0.459 e. The summed E-state index contributed by atoms with van der Waals surface area (Å²) < 4.78 is 53.8. The Hall–Kier alpha value is -1.60. The Balaban J connectivity index is 2.01. The number of carbonyl (C=O) groups is 1. The molecule has 4 nitrogen and oxygen atoms in total. The molecule has 1 atom stereocenters. The van der Waals surface area contributed by atoms with Gasteiger partial charge in [0.25, 0.3) is 0 Å². The first-order chi connectivity index (χ1) is 15.1. The number of ether oxygens (including phenoxy) is 2. The Morgan fingerprint density at radius 2 is 1.76 bits per heavy atom. The van der Waals surface area contributed by atoms with Gasteiger partial charge in [-0.15, -0.1) is 0 Å². The molecule has 0 amide bonds. The average molecular weight is 470 g/mol. The smallest absolute Gasteiger partial charge is 0.416 e. The molecule has 0 bridgehead atoms. The van der Waals surface area contributed by atoms with E-state index in [2.05, 4.69) is 25.7 Å². The van der Waals surface area contributed by atoms with Crippen molar-refractivity contribution in [2.75, 3.05) is 19.8 Å². The molecule has 2 saturated heterocycles. The molecule has 7 heteroatoms. The van der Waals surface area contributed by atoms with Gasteiger partial charge in [-0.05, 0) is 97.4 Å². The second-order valence-corrected chi connectivity index (χ2v) is 11.4. The van der Waals surface area contributed by atoms with E-state index in [0.717, 1.165) is 19.4 Å². The molecule has 1 aromatic rings. The van der Waals surface area contributed by atoms with Gasteiger partial charge in [0.05, 0.1) is 11.0 Å². The summed E-state index contributed by atoms with van der Waals surface area (Å²) in [6.07, 6.45) is -1.68. The summed E-state index contributed by atoms with van der Waals surface area (Å²) in [7, 11) is 0. The molecule has 33 heavy (non-hydrogen) atoms. The van der Waals surface area contributed by atoms with Crippen molar-refractivity contribution in [1.82, 2.24) is 4.90 Å². The summed E-state index contributed by atoms with van der Waals surface area (Å²) in [5, 5.41) is 0. The first-order valence-corrected chi connectivity index (χ1v) is 11.9. The van der Waals surface area contributed by atoms with Crippen molar-refractivity contribution in [3.05, 3.63) is 34.9 Å². The molecule has 0 spiro atoms. The summed E-state index contributed by atoms with van der Waals surface area (Å²) in [6.45, 7) is 13.1. The lowest BCUT2D eigenvalue weighted by molar-refractivity contribution is -0.166. The van der Waals surface area contributed by atoms with E-state index >= 15 is 0 Å². The van der Waals surface area contributed by atoms with Gasteiger partial charge in [0.1, 0.15) is 5.60 Å². The molecule has 3 rings (SSSR count). The molecule has 1 aromatic carbocycles. The number of likely N-dealkylation sites (tertiary alicyclic amines) is 1. The number of esters is 1. The first kappa shape index (κ1) is 26.0. The van der Waals surface area contributed by atoms with Gasteiger partial charge in [-0.25, -0.2) is 0 Å². The molecule has 2 aliphatic heterocycles. The Morgan fingerprint density at radius 3 is 2.30 bits per heavy atom. The van der Waals surface area contributed by atoms with Crippen molar-refractivity contribution in [2.45, 2.75) is 102 Å². The fraction of sp³-hybridized carbons (Fsp3) is 0.731. The maximum atomic E-state index is 14.2. The van der Waals surface area contributed by atoms with Gasteiger partial charge in [0.15, 0.2) is 0 Å². The topological polar surface area (TPSA) is 38.8 Å². The monoisotopic (exact) mass is 469 g/mol. The van der Waals surface area contributed by atoms with Crippen LogP contribution in [-0.2, 0) is 32.3 Å². The molecule has 0 N–H and O–H groups in total. The lowest BCUT2D eigenvalue weighted by atomic mass is 9.73. The highest BCUT2D eigenvalue weighted by molar-refractivity contribution is 5.84. The quantitative estimate of drug-likeness (QED) is 0.515. The molecule has 0 aromatic heterocycles. The maximum Gasteiger partial charge on any atom is 0.416 e. The zero-order chi connectivity index (χ0) is 24.7. The van der Waals surface area contributed by atoms with Crippen LogP contribution in [0.5, 0.6) is 0 Å². The van der Waals surface area contributed by atoms with Crippen LogP contribution in [0.4, 0.5) is 13.2 Å². The van der Waals surface area contributed by atoms with E-state index < -0.39 is 28.7 Å². The summed E-state index contributed by atoms with van der Waals surface area (Å²) in [4.78, 5) is 15.6. The van der Waals surface area contributed by atoms with Gasteiger partial charge in [0, 0.05) is 24.8 Å². The molecular weight excluding hydrogens is 431 g/mol. The maximum absolute atomic E-state index is 14.2. The van der Waals surface area contributed by atoms with Crippen molar-refractivity contribution in [3.8, 4) is 0 Å². The molecule has 186 valence electrons. The highest BCUT2D eigenvalue weighted by atomic mass is 19.4. The van der Waals surface area contributed by atoms with Crippen LogP contribution in [0.2, 0.25) is 0 Å². The first-order valence-electron chi connectivity index (χ1n) is 11.9. The third-order valence-electron chi connectivity index (χ3n) is 6.80. The lowest BCUT2D eigenvalue weighted by Gasteiger charge is -2.38. The average Bonchev–Trinajstić information content (AvgIpc) is 3.15. The molecular formula is C26H38F3NO3. The van der Waals surface area contributed by atoms with Crippen LogP contribution in [0.15, 0.2) is 18.2 Å². The molecule has 0 aliphatic carbocycles. The van der Waals surface area contributed by atoms with Gasteiger partial charge in [-0.2, -0.15) is 13.2 Å². The highest BCUT2D eigenvalue weighted by Gasteiger charge is 2.46. The van der Waals surface area contributed by atoms with Crippen molar-refractivity contribution in [2.24, 2.45) is 0 Å². The summed E-state index contributed by atoms with van der Waals surface area (Å²) in [5.41, 5.74) is -1.94. The number of carbonyl (C=O) groups excluding carboxylic acids is 1. The predicted octanol–water partition coefficient (Wildman–Crippen LogP) is 5.90. The minimum atomic E-state index is -4.50. The van der Waals surface area contributed by atoms with E-state index in [-0.39, 0.29) is 11.6 Å². The van der Waals surface area contributed by atoms with Gasteiger partial charge < -0.3 is 9.47 Å². The second-order valence-electron chi connectivity index (χ2n) is 11.4. The fourth-order valence-electron chi connectivity index (χ4n) is 5.21. The second kappa shape index (κ2) is 9.21. The SMILES string of the molecule is CC(C)(C)OC(=O)C1(c2ccc(CC3CCCN3C(C)(C)C)c(C(F)(F)F)c2)CCOCC1. The summed E-state index contributed by atoms with van der Waals surface area (Å²) in [6, 6.07) is 4.55. The number of halogens is 3. The summed E-state index contributed by atoms with van der Waals surface area (Å²) in [5.74, 6) is -0.478. The highest BCUT2D eigenvalue weighted by Crippen LogP contribution is 2.42. The zero-order valence-corrected chi connectivity index (χ0v) is 20.8. The minimum absolute atomic E-state index is 0.0693. The normalized spacial score (nSPS) is 22.4. The van der Waals surface area contributed by atoms with Crippen LogP contribution in [0.3, 0.4) is 0 Å². The predicted molar refractivity (Wildman–Crippen MR) is 122 cm³/mol. The van der Waals surface area contributed by atoms with Gasteiger partial charge in [-0.3, -0.25) is 9.69 Å². The van der Waals surface area contributed by atoms with Crippen molar-refractivity contribution in [3.63, 3.8) is 0 Å². The van der Waals surface area contributed by atoms with Gasteiger partial charge >= 0.3 is 12.1 Å². The van der Waals surface area contributed by atoms with Crippen molar-refractivity contribution >= 4 is 5.97 Å². The Kier molecular flexibility index (Phi) is 7.26. The molecule has 2 aliphatic rings. The van der Waals surface area contributed by atoms with E-state index in [9.17, 15) is 18.0 Å². The number of hydrogen-bond acceptors (Lipinski definition) is 4. The van der Waals surface area contributed by atoms with Crippen LogP contribution in [0, 0.1) is 0 Å². The van der Waals surface area contributed by atoms with Gasteiger partial charge in [0.2, 0.25) is 0 Å². The third-order valence-corrected chi connectivity index (χ3v) is 6.80. The van der Waals surface area contributed by atoms with Crippen molar-refractivity contribution < 1.29 is 27.4 Å². The number of hydrogen-bond donors (Lipinski definition) is 0. The molecule has 1 unspecified atom stereocenters. The number of nitrogens with zero attached hydrogens (tertiary/aromatic N) is 1. The molecule has 2 fully saturated rings. The van der Waals surface area contributed by atoms with E-state index in [1.807, 2.05) is 0 Å². The fourth-order valence-corrected chi connectivity index (χ4v) is 5.21. The van der Waals surface area contributed by atoms with Crippen LogP contribution >= 0.6 is 0 Å².